The number of aliphatic hydroxyl groups excluding tert-OH is 1. The second-order valence-corrected chi connectivity index (χ2v) is 5.23. The molecule has 0 saturated carbocycles. The number of hydrogen-bond donors (Lipinski definition) is 1. The van der Waals surface area contributed by atoms with Crippen molar-refractivity contribution < 1.29 is 24.2 Å². The predicted octanol–water partition coefficient (Wildman–Crippen LogP) is 1.38. The summed E-state index contributed by atoms with van der Waals surface area (Å²) in [5, 5.41) is 10.3. The van der Waals surface area contributed by atoms with Crippen LogP contribution in [0, 0.1) is 0 Å². The number of rotatable bonds is 3. The Morgan fingerprint density at radius 3 is 2.48 bits per heavy atom. The van der Waals surface area contributed by atoms with E-state index in [2.05, 4.69) is 0 Å². The Morgan fingerprint density at radius 1 is 1.10 bits per heavy atom. The normalized spacial score (nSPS) is 19.6. The highest BCUT2D eigenvalue weighted by Gasteiger charge is 2.27. The van der Waals surface area contributed by atoms with E-state index in [0.717, 1.165) is 12.8 Å². The van der Waals surface area contributed by atoms with Gasteiger partial charge in [0.25, 0.3) is 0 Å². The topological polar surface area (TPSA) is 76.1 Å². The number of fused-ring (bicyclic) bond motifs is 1. The molecule has 1 N–H and O–H groups in total. The lowest BCUT2D eigenvalue weighted by Crippen LogP contribution is -2.38. The molecule has 0 aromatic heterocycles. The van der Waals surface area contributed by atoms with Crippen molar-refractivity contribution in [1.29, 1.82) is 0 Å². The second kappa shape index (κ2) is 5.73. The van der Waals surface area contributed by atoms with Gasteiger partial charge in [0.05, 0.1) is 12.6 Å². The Balaban J connectivity index is 1.74. The minimum atomic E-state index is -0.925. The van der Waals surface area contributed by atoms with Gasteiger partial charge in [-0.1, -0.05) is 6.07 Å². The van der Waals surface area contributed by atoms with Gasteiger partial charge in [-0.05, 0) is 30.5 Å². The standard InChI is InChI=1S/C15H17NO5/c17-11(8-16-14(18)3-1-2-4-15(16)19)10-5-6-12-13(7-10)21-9-20-12/h5-7,11,17H,1-4,8-9H2. The van der Waals surface area contributed by atoms with Crippen molar-refractivity contribution in [1.82, 2.24) is 4.90 Å². The molecular formula is C15H17NO5. The summed E-state index contributed by atoms with van der Waals surface area (Å²) in [6.07, 6.45) is 1.24. The fourth-order valence-electron chi connectivity index (χ4n) is 2.56. The lowest BCUT2D eigenvalue weighted by Gasteiger charge is -2.22. The summed E-state index contributed by atoms with van der Waals surface area (Å²) >= 11 is 0. The molecule has 2 amide bonds. The highest BCUT2D eigenvalue weighted by molar-refractivity contribution is 5.96. The maximum Gasteiger partial charge on any atom is 0.231 e. The van der Waals surface area contributed by atoms with E-state index < -0.39 is 6.10 Å². The average Bonchev–Trinajstić information content (AvgIpc) is 2.89. The van der Waals surface area contributed by atoms with Crippen LogP contribution in [0.25, 0.3) is 0 Å². The van der Waals surface area contributed by atoms with Crippen molar-refractivity contribution in [3.63, 3.8) is 0 Å². The zero-order valence-corrected chi connectivity index (χ0v) is 11.6. The van der Waals surface area contributed by atoms with Crippen molar-refractivity contribution in [2.24, 2.45) is 0 Å². The predicted molar refractivity (Wildman–Crippen MR) is 72.7 cm³/mol. The van der Waals surface area contributed by atoms with Crippen molar-refractivity contribution in [2.45, 2.75) is 31.8 Å². The molecule has 1 unspecified atom stereocenters. The molecule has 2 heterocycles. The van der Waals surface area contributed by atoms with Crippen LogP contribution in [0.3, 0.4) is 0 Å². The number of nitrogens with zero attached hydrogens (tertiary/aromatic N) is 1. The third-order valence-electron chi connectivity index (χ3n) is 3.77. The number of amides is 2. The minimum absolute atomic E-state index is 0.0166. The van der Waals surface area contributed by atoms with Gasteiger partial charge in [0, 0.05) is 12.8 Å². The van der Waals surface area contributed by atoms with Crippen LogP contribution < -0.4 is 9.47 Å². The summed E-state index contributed by atoms with van der Waals surface area (Å²) in [5.41, 5.74) is 0.601. The third-order valence-corrected chi connectivity index (χ3v) is 3.77. The molecule has 112 valence electrons. The fraction of sp³-hybridized carbons (Fsp3) is 0.467. The molecule has 1 aromatic rings. The van der Waals surface area contributed by atoms with Crippen LogP contribution in [-0.2, 0) is 9.59 Å². The van der Waals surface area contributed by atoms with Crippen molar-refractivity contribution >= 4 is 11.8 Å². The van der Waals surface area contributed by atoms with Crippen molar-refractivity contribution in [2.75, 3.05) is 13.3 Å². The number of hydrogen-bond acceptors (Lipinski definition) is 5. The van der Waals surface area contributed by atoms with Gasteiger partial charge >= 0.3 is 0 Å². The monoisotopic (exact) mass is 291 g/mol. The Kier molecular flexibility index (Phi) is 3.79. The number of carbonyl (C=O) groups is 2. The van der Waals surface area contributed by atoms with Gasteiger partial charge in [0.15, 0.2) is 11.5 Å². The van der Waals surface area contributed by atoms with Crippen LogP contribution in [0.5, 0.6) is 11.5 Å². The number of ether oxygens (including phenoxy) is 2. The molecular weight excluding hydrogens is 274 g/mol. The van der Waals surface area contributed by atoms with Crippen LogP contribution in [0.1, 0.15) is 37.4 Å². The molecule has 3 rings (SSSR count). The first-order valence-corrected chi connectivity index (χ1v) is 7.06. The Morgan fingerprint density at radius 2 is 1.76 bits per heavy atom. The summed E-state index contributed by atoms with van der Waals surface area (Å²) < 4.78 is 10.5. The van der Waals surface area contributed by atoms with Crippen LogP contribution in [-0.4, -0.2) is 35.2 Å². The summed E-state index contributed by atoms with van der Waals surface area (Å²) in [4.78, 5) is 25.0. The molecule has 0 bridgehead atoms. The number of aliphatic hydroxyl groups is 1. The lowest BCUT2D eigenvalue weighted by atomic mass is 10.1. The zero-order chi connectivity index (χ0) is 14.8. The summed E-state index contributed by atoms with van der Waals surface area (Å²) in [6.45, 7) is 0.148. The van der Waals surface area contributed by atoms with Crippen LogP contribution >= 0.6 is 0 Å². The molecule has 1 fully saturated rings. The Hall–Kier alpha value is -2.08. The highest BCUT2D eigenvalue weighted by atomic mass is 16.7. The van der Waals surface area contributed by atoms with E-state index in [4.69, 9.17) is 9.47 Å². The first-order chi connectivity index (χ1) is 10.1. The SMILES string of the molecule is O=C1CCCCC(=O)N1CC(O)c1ccc2c(c1)OCO2. The van der Waals surface area contributed by atoms with Crippen LogP contribution in [0.4, 0.5) is 0 Å². The van der Waals surface area contributed by atoms with Gasteiger partial charge in [-0.2, -0.15) is 0 Å². The minimum Gasteiger partial charge on any atom is -0.454 e. The molecule has 21 heavy (non-hydrogen) atoms. The molecule has 1 atom stereocenters. The lowest BCUT2D eigenvalue weighted by molar-refractivity contribution is -0.145. The largest absolute Gasteiger partial charge is 0.454 e. The van der Waals surface area contributed by atoms with E-state index >= 15 is 0 Å². The van der Waals surface area contributed by atoms with E-state index in [9.17, 15) is 14.7 Å². The first kappa shape index (κ1) is 13.9. The van der Waals surface area contributed by atoms with Gasteiger partial charge in [-0.25, -0.2) is 0 Å². The van der Waals surface area contributed by atoms with Gasteiger partial charge in [0.1, 0.15) is 0 Å². The number of β-amino-alcohol motifs (C(OH)–C–C–N with tert-alkyl or cyclic N) is 1. The maximum absolute atomic E-state index is 11.9. The number of carbonyl (C=O) groups excluding carboxylic acids is 2. The summed E-state index contributed by atoms with van der Waals surface area (Å²) in [7, 11) is 0. The highest BCUT2D eigenvalue weighted by Crippen LogP contribution is 2.34. The van der Waals surface area contributed by atoms with Crippen LogP contribution in [0.15, 0.2) is 18.2 Å². The second-order valence-electron chi connectivity index (χ2n) is 5.23. The van der Waals surface area contributed by atoms with E-state index in [1.807, 2.05) is 0 Å². The smallest absolute Gasteiger partial charge is 0.231 e. The van der Waals surface area contributed by atoms with E-state index in [1.165, 1.54) is 4.90 Å². The Bertz CT molecular complexity index is 553. The third kappa shape index (κ3) is 2.85. The molecule has 1 saturated heterocycles. The van der Waals surface area contributed by atoms with E-state index in [-0.39, 0.29) is 25.2 Å². The molecule has 6 nitrogen and oxygen atoms in total. The number of imide groups is 1. The van der Waals surface area contributed by atoms with Gasteiger partial charge in [-0.15, -0.1) is 0 Å². The molecule has 6 heteroatoms. The van der Waals surface area contributed by atoms with Crippen molar-refractivity contribution in [3.05, 3.63) is 23.8 Å². The molecule has 0 spiro atoms. The van der Waals surface area contributed by atoms with E-state index in [1.54, 1.807) is 18.2 Å². The number of benzene rings is 1. The van der Waals surface area contributed by atoms with E-state index in [0.29, 0.717) is 29.9 Å². The summed E-state index contributed by atoms with van der Waals surface area (Å²) in [5.74, 6) is 0.780. The maximum atomic E-state index is 11.9. The molecule has 2 aliphatic rings. The molecule has 0 radical (unpaired) electrons. The molecule has 2 aliphatic heterocycles. The number of likely N-dealkylation sites (tertiary alicyclic amines) is 1. The van der Waals surface area contributed by atoms with Gasteiger partial charge < -0.3 is 14.6 Å². The zero-order valence-electron chi connectivity index (χ0n) is 11.6. The summed E-state index contributed by atoms with van der Waals surface area (Å²) in [6, 6.07) is 5.11. The first-order valence-electron chi connectivity index (χ1n) is 7.06. The average molecular weight is 291 g/mol. The fourth-order valence-corrected chi connectivity index (χ4v) is 2.56. The quantitative estimate of drug-likeness (QED) is 0.851. The van der Waals surface area contributed by atoms with Gasteiger partial charge in [-0.3, -0.25) is 14.5 Å². The van der Waals surface area contributed by atoms with Gasteiger partial charge in [0.2, 0.25) is 18.6 Å². The molecule has 0 aliphatic carbocycles. The molecule has 1 aromatic carbocycles. The Labute approximate surface area is 122 Å². The van der Waals surface area contributed by atoms with Crippen LogP contribution in [0.2, 0.25) is 0 Å². The van der Waals surface area contributed by atoms with Crippen molar-refractivity contribution in [3.8, 4) is 11.5 Å².